The summed E-state index contributed by atoms with van der Waals surface area (Å²) in [6, 6.07) is 4.46. The molecule has 6 heterocycles. The van der Waals surface area contributed by atoms with Crippen molar-refractivity contribution < 1.29 is 101 Å². The van der Waals surface area contributed by atoms with Crippen LogP contribution in [0.1, 0.15) is 176 Å². The maximum atomic E-state index is 13.7. The zero-order valence-corrected chi connectivity index (χ0v) is 72.6. The first kappa shape index (κ1) is 103. The number of nitrogens with zero attached hydrogens (tertiary/aromatic N) is 5. The predicted molar refractivity (Wildman–Crippen MR) is 440 cm³/mol. The second-order valence-electron chi connectivity index (χ2n) is 33.5. The number of nitrogens with two attached hydrogens (primary N) is 1. The molecule has 5 amide bonds. The highest BCUT2D eigenvalue weighted by atomic mass is 35.5. The van der Waals surface area contributed by atoms with Crippen molar-refractivity contribution in [3.63, 3.8) is 0 Å². The number of hydrogen-bond donors (Lipinski definition) is 7. The van der Waals surface area contributed by atoms with Gasteiger partial charge in [-0.25, -0.2) is 48.5 Å². The number of hydrogen-bond acceptors (Lipinski definition) is 24. The van der Waals surface area contributed by atoms with Crippen LogP contribution in [0.15, 0.2) is 106 Å². The van der Waals surface area contributed by atoms with Crippen molar-refractivity contribution in [1.29, 1.82) is 0 Å². The van der Waals surface area contributed by atoms with Gasteiger partial charge in [-0.15, -0.1) is 13.2 Å². The normalized spacial score (nSPS) is 19.0. The van der Waals surface area contributed by atoms with Crippen molar-refractivity contribution >= 4 is 94.7 Å². The van der Waals surface area contributed by atoms with E-state index in [-0.39, 0.29) is 69.3 Å². The monoisotopic (exact) mass is 1690 g/mol. The highest BCUT2D eigenvalue weighted by molar-refractivity contribution is 6.31. The van der Waals surface area contributed by atoms with E-state index in [2.05, 4.69) is 69.1 Å². The lowest BCUT2D eigenvalue weighted by molar-refractivity contribution is -0.153. The maximum Gasteiger partial charge on any atom is 0.408 e. The summed E-state index contributed by atoms with van der Waals surface area (Å²) in [5.74, 6) is -2.94. The van der Waals surface area contributed by atoms with Crippen LogP contribution in [-0.4, -0.2) is 212 Å². The van der Waals surface area contributed by atoms with Gasteiger partial charge >= 0.3 is 48.1 Å². The molecule has 648 valence electrons. The van der Waals surface area contributed by atoms with Gasteiger partial charge in [-0.3, -0.25) is 14.4 Å². The van der Waals surface area contributed by atoms with Crippen molar-refractivity contribution in [3.8, 4) is 17.6 Å². The molecule has 0 spiro atoms. The molecule has 3 saturated heterocycles. The third kappa shape index (κ3) is 38.6. The number of nitrogens with one attached hydrogen (secondary N) is 4. The smallest absolute Gasteiger partial charge is 0.408 e. The number of pyridine rings is 3. The SMILES string of the molecule is C=C.C=CCOC(=O)[C@@H]1C[C@@H](Oc2ccc(Cl)cn2)CN1.C=CCOC(=O)[C@@H]1C[C@@H](Oc2ccc(Cl)cn2)CN1C(=O)[C@@H](N)C(C)(C)C.C=CCOC(=O)[C@@H]1C[C@@H](Oc2ccc(Cl)cn2)CN1C(=O)[C@@H](NC(=O)OC(C)(C)C)C(C)(C)C.CC(C)(C)OC(=O)N[C@H](C(=O)O)C(C)(C)C.CC(C)(C)OC(=O)N[C@H](C(=O)O)C1CCCCC1. The number of amides is 5. The number of ether oxygens (including phenoxy) is 9. The molecular formula is C82H123Cl3N10O21. The Labute approximate surface area is 697 Å². The Morgan fingerprint density at radius 1 is 0.500 bits per heavy atom. The van der Waals surface area contributed by atoms with E-state index in [9.17, 15) is 53.1 Å². The van der Waals surface area contributed by atoms with Gasteiger partial charge in [-0.2, -0.15) is 0 Å². The summed E-state index contributed by atoms with van der Waals surface area (Å²) < 4.78 is 48.2. The highest BCUT2D eigenvalue weighted by Crippen LogP contribution is 2.32. The van der Waals surface area contributed by atoms with Gasteiger partial charge in [0.2, 0.25) is 29.5 Å². The topological polar surface area (TPSA) is 414 Å². The summed E-state index contributed by atoms with van der Waals surface area (Å²) in [4.78, 5) is 136. The van der Waals surface area contributed by atoms with Crippen molar-refractivity contribution in [2.24, 2.45) is 27.9 Å². The summed E-state index contributed by atoms with van der Waals surface area (Å²) in [5.41, 5.74) is 2.47. The number of halogens is 3. The van der Waals surface area contributed by atoms with Gasteiger partial charge in [0.05, 0.1) is 34.2 Å². The minimum Gasteiger partial charge on any atom is -0.480 e. The molecule has 10 atom stereocenters. The van der Waals surface area contributed by atoms with Crippen LogP contribution in [0, 0.1) is 22.2 Å². The summed E-state index contributed by atoms with van der Waals surface area (Å²) in [6.45, 7) is 49.7. The van der Waals surface area contributed by atoms with Crippen molar-refractivity contribution in [3.05, 3.63) is 121 Å². The van der Waals surface area contributed by atoms with Crippen LogP contribution in [0.25, 0.3) is 0 Å². The molecule has 3 aromatic heterocycles. The lowest BCUT2D eigenvalue weighted by Crippen LogP contribution is -2.57. The number of alkyl carbamates (subject to hydrolysis) is 3. The Hall–Kier alpha value is -9.30. The number of rotatable bonds is 23. The van der Waals surface area contributed by atoms with Crippen LogP contribution in [0.5, 0.6) is 17.6 Å². The first-order valence-electron chi connectivity index (χ1n) is 38.0. The molecule has 3 aromatic rings. The minimum atomic E-state index is -1.07. The fraction of sp³-hybridized carbons (Fsp3) is 0.598. The van der Waals surface area contributed by atoms with Gasteiger partial charge in [0, 0.05) is 62.6 Å². The number of carbonyl (C=O) groups excluding carboxylic acids is 8. The van der Waals surface area contributed by atoms with Crippen LogP contribution in [0.2, 0.25) is 15.1 Å². The molecule has 8 N–H and O–H groups in total. The van der Waals surface area contributed by atoms with Crippen molar-refractivity contribution in [2.45, 2.75) is 253 Å². The summed E-state index contributed by atoms with van der Waals surface area (Å²) >= 11 is 17.5. The summed E-state index contributed by atoms with van der Waals surface area (Å²) in [5, 5.41) is 30.3. The van der Waals surface area contributed by atoms with Crippen LogP contribution < -0.4 is 41.2 Å². The van der Waals surface area contributed by atoms with E-state index in [0.717, 1.165) is 32.1 Å². The number of aliphatic carboxylic acids is 2. The average molecular weight is 1690 g/mol. The Morgan fingerprint density at radius 3 is 1.18 bits per heavy atom. The van der Waals surface area contributed by atoms with Gasteiger partial charge in [-0.05, 0) is 116 Å². The Bertz CT molecular complexity index is 3680. The molecular weight excluding hydrogens is 1570 g/mol. The molecule has 3 aliphatic heterocycles. The second kappa shape index (κ2) is 47.8. The first-order valence-corrected chi connectivity index (χ1v) is 39.1. The number of carboxylic acid groups (broad SMARTS) is 2. The first-order chi connectivity index (χ1) is 53.7. The Kier molecular flexibility index (Phi) is 42.3. The van der Waals surface area contributed by atoms with E-state index in [1.54, 1.807) is 126 Å². The van der Waals surface area contributed by atoms with E-state index in [0.29, 0.717) is 52.1 Å². The number of esters is 3. The number of aromatic nitrogens is 3. The van der Waals surface area contributed by atoms with E-state index >= 15 is 0 Å². The molecule has 4 aliphatic rings. The molecule has 7 rings (SSSR count). The lowest BCUT2D eigenvalue weighted by atomic mass is 9.84. The maximum absolute atomic E-state index is 13.7. The van der Waals surface area contributed by atoms with Crippen molar-refractivity contribution in [2.75, 3.05) is 39.5 Å². The average Bonchev–Trinajstić information content (AvgIpc) is 1.65. The predicted octanol–water partition coefficient (Wildman–Crippen LogP) is 12.9. The van der Waals surface area contributed by atoms with Crippen LogP contribution >= 0.6 is 34.8 Å². The van der Waals surface area contributed by atoms with Gasteiger partial charge in [-0.1, -0.05) is 154 Å². The van der Waals surface area contributed by atoms with Crippen LogP contribution in [-0.2, 0) is 62.0 Å². The zero-order valence-electron chi connectivity index (χ0n) is 70.3. The molecule has 1 aliphatic carbocycles. The molecule has 34 heteroatoms. The third-order valence-corrected chi connectivity index (χ3v) is 17.5. The number of likely N-dealkylation sites (tertiary alicyclic amines) is 2. The fourth-order valence-electron chi connectivity index (χ4n) is 11.3. The molecule has 116 heavy (non-hydrogen) atoms. The molecule has 0 radical (unpaired) electrons. The molecule has 31 nitrogen and oxygen atoms in total. The van der Waals surface area contributed by atoms with Gasteiger partial charge in [0.25, 0.3) is 0 Å². The highest BCUT2D eigenvalue weighted by Gasteiger charge is 2.48. The Morgan fingerprint density at radius 2 is 0.853 bits per heavy atom. The van der Waals surface area contributed by atoms with E-state index < -0.39 is 130 Å². The third-order valence-electron chi connectivity index (χ3n) is 16.8. The summed E-state index contributed by atoms with van der Waals surface area (Å²) in [7, 11) is 0. The molecule has 0 bridgehead atoms. The Balaban J connectivity index is 0.000000503. The van der Waals surface area contributed by atoms with Crippen LogP contribution in [0.3, 0.4) is 0 Å². The second-order valence-corrected chi connectivity index (χ2v) is 34.8. The quantitative estimate of drug-likeness (QED) is 0.0263. The van der Waals surface area contributed by atoms with Crippen molar-refractivity contribution in [1.82, 2.24) is 46.0 Å². The van der Waals surface area contributed by atoms with E-state index in [1.807, 2.05) is 41.5 Å². The molecule has 0 aromatic carbocycles. The fourth-order valence-corrected chi connectivity index (χ4v) is 11.7. The number of carbonyl (C=O) groups is 10. The lowest BCUT2D eigenvalue weighted by Gasteiger charge is -2.35. The molecule has 0 unspecified atom stereocenters. The van der Waals surface area contributed by atoms with Gasteiger partial charge in [0.1, 0.15) is 91.2 Å². The minimum absolute atomic E-state index is 0.0144. The van der Waals surface area contributed by atoms with Crippen LogP contribution in [0.4, 0.5) is 14.4 Å². The van der Waals surface area contributed by atoms with E-state index in [4.69, 9.17) is 88.3 Å². The largest absolute Gasteiger partial charge is 0.480 e. The summed E-state index contributed by atoms with van der Waals surface area (Å²) in [6.07, 6.45) is 11.8. The number of carboxylic acids is 2. The standard InChI is InChI=1S/C24H34ClN3O6.C19H26ClN3O4.C13H15ClN2O3.C13H23NO4.C11H21NO4.C2H4/c1-8-11-32-21(30)17-12-16(33-18-10-9-15(25)13-26-18)14-28(17)20(29)19(23(2,3)4)27-22(31)34-24(5,6)7;1-5-8-26-18(25)14-9-13(27-15-7-6-12(20)10-22-15)11-23(14)17(24)16(21)19(2,3)4;1-2-5-18-13(17)11-6-10(8-15-11)19-12-4-3-9(14)7-16-12;1-13(2,3)18-12(17)14-10(11(15)16)9-7-5-4-6-8-9;1-10(2,3)7(8(13)14)12-9(15)16-11(4,5)6;1-2/h8-10,13,16-17,19H,1,11-12,14H2,2-7H3,(H,27,31);5-7,10,13-14,16H,1,8-9,11,21H2,2-4H3;2-4,7,10-11,15H,1,5-6,8H2;9-10H,4-8H2,1-3H3,(H,14,17)(H,15,16);7H,1-6H3,(H,12,15)(H,13,14);1-2H2/t16-,17+,19-;13-,14+,16-;10-,11+;10-;7-;/m11101./s1. The molecule has 1 saturated carbocycles. The van der Waals surface area contributed by atoms with E-state index in [1.165, 1.54) is 40.5 Å². The molecule has 4 fully saturated rings. The van der Waals surface area contributed by atoms with Gasteiger partial charge in [0.15, 0.2) is 0 Å². The van der Waals surface area contributed by atoms with Gasteiger partial charge < -0.3 is 89.6 Å². The zero-order chi connectivity index (χ0) is 88.4.